The molecule has 1 N–H and O–H groups in total. The van der Waals surface area contributed by atoms with E-state index in [1.165, 1.54) is 49.0 Å². The minimum Gasteiger partial charge on any atom is -0.309 e. The van der Waals surface area contributed by atoms with E-state index in [2.05, 4.69) is 64.8 Å². The average Bonchev–Trinajstić information content (AvgIpc) is 3.33. The number of hydrogen-bond acceptors (Lipinski definition) is 2. The molecular weight excluding hydrogens is 268 g/mol. The fourth-order valence-electron chi connectivity index (χ4n) is 3.43. The molecule has 1 aliphatic carbocycles. The molecule has 2 nitrogen and oxygen atoms in total. The van der Waals surface area contributed by atoms with Crippen molar-refractivity contribution >= 4 is 0 Å². The van der Waals surface area contributed by atoms with Crippen molar-refractivity contribution in [3.8, 4) is 11.1 Å². The van der Waals surface area contributed by atoms with E-state index in [4.69, 9.17) is 0 Å². The Morgan fingerprint density at radius 1 is 0.864 bits per heavy atom. The van der Waals surface area contributed by atoms with E-state index in [0.717, 1.165) is 12.6 Å². The van der Waals surface area contributed by atoms with Crippen LogP contribution in [-0.4, -0.2) is 30.1 Å². The largest absolute Gasteiger partial charge is 0.309 e. The Hall–Kier alpha value is -1.64. The molecule has 2 heteroatoms. The quantitative estimate of drug-likeness (QED) is 0.904. The molecule has 2 aliphatic rings. The van der Waals surface area contributed by atoms with Gasteiger partial charge in [-0.3, -0.25) is 4.90 Å². The van der Waals surface area contributed by atoms with E-state index in [0.29, 0.717) is 6.04 Å². The molecule has 1 atom stereocenters. The van der Waals surface area contributed by atoms with Gasteiger partial charge in [0.1, 0.15) is 0 Å². The number of hydrogen-bond donors (Lipinski definition) is 1. The molecule has 0 aromatic heterocycles. The molecule has 4 rings (SSSR count). The van der Waals surface area contributed by atoms with Crippen LogP contribution in [0.15, 0.2) is 54.6 Å². The van der Waals surface area contributed by atoms with Gasteiger partial charge in [-0.15, -0.1) is 0 Å². The van der Waals surface area contributed by atoms with Crippen molar-refractivity contribution < 1.29 is 0 Å². The Kier molecular flexibility index (Phi) is 3.96. The van der Waals surface area contributed by atoms with Crippen molar-refractivity contribution in [2.75, 3.05) is 13.1 Å². The molecule has 2 fully saturated rings. The van der Waals surface area contributed by atoms with Crippen molar-refractivity contribution in [2.24, 2.45) is 0 Å². The summed E-state index contributed by atoms with van der Waals surface area (Å²) in [6.45, 7) is 3.51. The fourth-order valence-corrected chi connectivity index (χ4v) is 3.43. The molecule has 0 radical (unpaired) electrons. The van der Waals surface area contributed by atoms with E-state index in [9.17, 15) is 0 Å². The molecule has 0 bridgehead atoms. The fraction of sp³-hybridized carbons (Fsp3) is 0.400. The summed E-state index contributed by atoms with van der Waals surface area (Å²) in [5.74, 6) is 0. The van der Waals surface area contributed by atoms with Crippen LogP contribution in [0.5, 0.6) is 0 Å². The second kappa shape index (κ2) is 6.23. The van der Waals surface area contributed by atoms with Crippen LogP contribution in [-0.2, 0) is 6.54 Å². The molecule has 1 saturated heterocycles. The zero-order valence-corrected chi connectivity index (χ0v) is 13.0. The van der Waals surface area contributed by atoms with Crippen LogP contribution in [0.3, 0.4) is 0 Å². The van der Waals surface area contributed by atoms with E-state index in [-0.39, 0.29) is 0 Å². The number of nitrogens with zero attached hydrogens (tertiary/aromatic N) is 1. The average molecular weight is 292 g/mol. The van der Waals surface area contributed by atoms with Crippen molar-refractivity contribution in [1.82, 2.24) is 10.2 Å². The predicted octanol–water partition coefficient (Wildman–Crippen LogP) is 3.68. The highest BCUT2D eigenvalue weighted by Crippen LogP contribution is 2.29. The number of benzene rings is 2. The first-order valence-corrected chi connectivity index (χ1v) is 8.50. The first-order chi connectivity index (χ1) is 10.9. The molecule has 0 amide bonds. The van der Waals surface area contributed by atoms with Gasteiger partial charge in [0.2, 0.25) is 0 Å². The maximum Gasteiger partial charge on any atom is 0.0210 e. The van der Waals surface area contributed by atoms with E-state index in [1.807, 2.05) is 0 Å². The predicted molar refractivity (Wildman–Crippen MR) is 91.7 cm³/mol. The van der Waals surface area contributed by atoms with Gasteiger partial charge < -0.3 is 5.32 Å². The SMILES string of the molecule is c1ccc(-c2ccc(CN[C@H]3CCN(C4CC4)C3)cc2)cc1. The smallest absolute Gasteiger partial charge is 0.0210 e. The lowest BCUT2D eigenvalue weighted by Gasteiger charge is -2.16. The summed E-state index contributed by atoms with van der Waals surface area (Å²) in [6, 6.07) is 21.1. The third-order valence-electron chi connectivity index (χ3n) is 4.94. The van der Waals surface area contributed by atoms with Gasteiger partial charge >= 0.3 is 0 Å². The summed E-state index contributed by atoms with van der Waals surface area (Å²) in [5, 5.41) is 3.73. The molecule has 0 spiro atoms. The van der Waals surface area contributed by atoms with Crippen LogP contribution in [0, 0.1) is 0 Å². The minimum absolute atomic E-state index is 0.675. The lowest BCUT2D eigenvalue weighted by molar-refractivity contribution is 0.317. The van der Waals surface area contributed by atoms with Crippen LogP contribution >= 0.6 is 0 Å². The molecule has 1 heterocycles. The Morgan fingerprint density at radius 3 is 2.32 bits per heavy atom. The Balaban J connectivity index is 1.32. The van der Waals surface area contributed by atoms with Gasteiger partial charge in [0.05, 0.1) is 0 Å². The lowest BCUT2D eigenvalue weighted by atomic mass is 10.0. The lowest BCUT2D eigenvalue weighted by Crippen LogP contribution is -2.32. The van der Waals surface area contributed by atoms with Gasteiger partial charge in [-0.1, -0.05) is 54.6 Å². The minimum atomic E-state index is 0.675. The van der Waals surface area contributed by atoms with Gasteiger partial charge in [-0.25, -0.2) is 0 Å². The summed E-state index contributed by atoms with van der Waals surface area (Å²) in [4.78, 5) is 2.66. The highest BCUT2D eigenvalue weighted by Gasteiger charge is 2.33. The molecule has 22 heavy (non-hydrogen) atoms. The Morgan fingerprint density at radius 2 is 1.59 bits per heavy atom. The molecule has 1 aliphatic heterocycles. The first kappa shape index (κ1) is 14.0. The van der Waals surface area contributed by atoms with Gasteiger partial charge in [-0.05, 0) is 36.0 Å². The van der Waals surface area contributed by atoms with Crippen LogP contribution in [0.4, 0.5) is 0 Å². The summed E-state index contributed by atoms with van der Waals surface area (Å²) in [7, 11) is 0. The highest BCUT2D eigenvalue weighted by molar-refractivity contribution is 5.63. The van der Waals surface area contributed by atoms with Crippen LogP contribution in [0.2, 0.25) is 0 Å². The normalized spacial score (nSPS) is 22.1. The third kappa shape index (κ3) is 3.23. The highest BCUT2D eigenvalue weighted by atomic mass is 15.2. The van der Waals surface area contributed by atoms with Gasteiger partial charge in [-0.2, -0.15) is 0 Å². The van der Waals surface area contributed by atoms with Crippen molar-refractivity contribution in [2.45, 2.75) is 37.9 Å². The Labute approximate surface area is 133 Å². The van der Waals surface area contributed by atoms with Gasteiger partial charge in [0.25, 0.3) is 0 Å². The molecule has 0 unspecified atom stereocenters. The van der Waals surface area contributed by atoms with E-state index < -0.39 is 0 Å². The molecule has 2 aromatic rings. The summed E-state index contributed by atoms with van der Waals surface area (Å²) in [5.41, 5.74) is 3.97. The number of nitrogens with one attached hydrogen (secondary N) is 1. The monoisotopic (exact) mass is 292 g/mol. The summed E-state index contributed by atoms with van der Waals surface area (Å²) in [6.07, 6.45) is 4.15. The zero-order valence-electron chi connectivity index (χ0n) is 13.0. The first-order valence-electron chi connectivity index (χ1n) is 8.50. The van der Waals surface area contributed by atoms with Crippen molar-refractivity contribution in [1.29, 1.82) is 0 Å². The van der Waals surface area contributed by atoms with Crippen molar-refractivity contribution in [3.05, 3.63) is 60.2 Å². The van der Waals surface area contributed by atoms with Gasteiger partial charge in [0, 0.05) is 31.7 Å². The van der Waals surface area contributed by atoms with Crippen LogP contribution in [0.1, 0.15) is 24.8 Å². The zero-order chi connectivity index (χ0) is 14.8. The van der Waals surface area contributed by atoms with Gasteiger partial charge in [0.15, 0.2) is 0 Å². The maximum atomic E-state index is 3.73. The number of rotatable bonds is 5. The second-order valence-electron chi connectivity index (χ2n) is 6.66. The maximum absolute atomic E-state index is 3.73. The van der Waals surface area contributed by atoms with Crippen LogP contribution < -0.4 is 5.32 Å². The van der Waals surface area contributed by atoms with E-state index >= 15 is 0 Å². The second-order valence-corrected chi connectivity index (χ2v) is 6.66. The van der Waals surface area contributed by atoms with E-state index in [1.54, 1.807) is 0 Å². The third-order valence-corrected chi connectivity index (χ3v) is 4.94. The molecular formula is C20H24N2. The molecule has 114 valence electrons. The molecule has 1 saturated carbocycles. The standard InChI is InChI=1S/C20H24N2/c1-2-4-17(5-3-1)18-8-6-16(7-9-18)14-21-19-12-13-22(15-19)20-10-11-20/h1-9,19-21H,10-15H2/t19-/m0/s1. The summed E-state index contributed by atoms with van der Waals surface area (Å²) < 4.78 is 0. The van der Waals surface area contributed by atoms with Crippen LogP contribution in [0.25, 0.3) is 11.1 Å². The Bertz CT molecular complexity index is 601. The molecule has 2 aromatic carbocycles. The topological polar surface area (TPSA) is 15.3 Å². The van der Waals surface area contributed by atoms with Crippen molar-refractivity contribution in [3.63, 3.8) is 0 Å². The number of likely N-dealkylation sites (tertiary alicyclic amines) is 1. The summed E-state index contributed by atoms with van der Waals surface area (Å²) >= 11 is 0.